The first-order chi connectivity index (χ1) is 6.23. The number of hydrogen-bond acceptors (Lipinski definition) is 2. The Morgan fingerprint density at radius 1 is 1.50 bits per heavy atom. The van der Waals surface area contributed by atoms with Crippen LogP contribution in [0.4, 0.5) is 13.2 Å². The molecular weight excluding hydrogens is 219 g/mol. The average Bonchev–Trinajstić information content (AvgIpc) is 1.99. The molecule has 0 aromatic rings. The highest BCUT2D eigenvalue weighted by molar-refractivity contribution is 7.84. The molecule has 0 aromatic heterocycles. The van der Waals surface area contributed by atoms with Crippen LogP contribution in [0.1, 0.15) is 13.3 Å². The van der Waals surface area contributed by atoms with E-state index in [-0.39, 0.29) is 12.2 Å². The van der Waals surface area contributed by atoms with Crippen molar-refractivity contribution in [1.82, 2.24) is 5.32 Å². The summed E-state index contributed by atoms with van der Waals surface area (Å²) in [5.74, 6) is -1.67. The van der Waals surface area contributed by atoms with E-state index in [0.29, 0.717) is 0 Å². The van der Waals surface area contributed by atoms with Gasteiger partial charge in [0.1, 0.15) is 0 Å². The standard InChI is InChI=1S/C7H12F3NO2S/c1-5(3-4-14(2)13)11-6(12)7(8,9)10/h5H,3-4H2,1-2H3,(H,11,12). The van der Waals surface area contributed by atoms with E-state index in [1.165, 1.54) is 13.2 Å². The van der Waals surface area contributed by atoms with Gasteiger partial charge in [-0.3, -0.25) is 9.00 Å². The molecule has 84 valence electrons. The minimum Gasteiger partial charge on any atom is -0.346 e. The van der Waals surface area contributed by atoms with E-state index in [1.807, 2.05) is 0 Å². The van der Waals surface area contributed by atoms with Crippen LogP contribution in [0.3, 0.4) is 0 Å². The molecule has 7 heteroatoms. The van der Waals surface area contributed by atoms with Crippen LogP contribution in [0.2, 0.25) is 0 Å². The Morgan fingerprint density at radius 2 is 2.00 bits per heavy atom. The van der Waals surface area contributed by atoms with Crippen molar-refractivity contribution in [3.63, 3.8) is 0 Å². The van der Waals surface area contributed by atoms with Crippen molar-refractivity contribution >= 4 is 16.7 Å². The smallest absolute Gasteiger partial charge is 0.346 e. The second kappa shape index (κ2) is 5.33. The number of carbonyl (C=O) groups excluding carboxylic acids is 1. The maximum absolute atomic E-state index is 11.7. The molecule has 0 aliphatic rings. The maximum Gasteiger partial charge on any atom is 0.471 e. The minimum atomic E-state index is -4.85. The van der Waals surface area contributed by atoms with Gasteiger partial charge in [0.25, 0.3) is 0 Å². The molecule has 1 N–H and O–H groups in total. The van der Waals surface area contributed by atoms with Gasteiger partial charge in [0.2, 0.25) is 0 Å². The Morgan fingerprint density at radius 3 is 2.36 bits per heavy atom. The first-order valence-electron chi connectivity index (χ1n) is 3.91. The van der Waals surface area contributed by atoms with Gasteiger partial charge in [-0.05, 0) is 13.3 Å². The summed E-state index contributed by atoms with van der Waals surface area (Å²) in [5.41, 5.74) is 0. The van der Waals surface area contributed by atoms with E-state index in [4.69, 9.17) is 0 Å². The van der Waals surface area contributed by atoms with E-state index in [2.05, 4.69) is 0 Å². The quantitative estimate of drug-likeness (QED) is 0.778. The zero-order valence-corrected chi connectivity index (χ0v) is 8.67. The molecule has 0 aliphatic carbocycles. The van der Waals surface area contributed by atoms with Crippen LogP contribution in [-0.2, 0) is 15.6 Å². The summed E-state index contributed by atoms with van der Waals surface area (Å²) in [6, 6.07) is -0.618. The van der Waals surface area contributed by atoms with E-state index in [1.54, 1.807) is 5.32 Å². The zero-order chi connectivity index (χ0) is 11.4. The molecule has 0 spiro atoms. The van der Waals surface area contributed by atoms with Crippen LogP contribution in [-0.4, -0.2) is 34.3 Å². The Hall–Kier alpha value is -0.590. The molecule has 0 aromatic carbocycles. The SMILES string of the molecule is CC(CCS(C)=O)NC(=O)C(F)(F)F. The zero-order valence-electron chi connectivity index (χ0n) is 7.85. The predicted octanol–water partition coefficient (Wildman–Crippen LogP) is 0.822. The summed E-state index contributed by atoms with van der Waals surface area (Å²) in [6.07, 6.45) is -3.12. The van der Waals surface area contributed by atoms with Crippen molar-refractivity contribution in [3.8, 4) is 0 Å². The molecule has 0 aliphatic heterocycles. The lowest BCUT2D eigenvalue weighted by molar-refractivity contribution is -0.174. The highest BCUT2D eigenvalue weighted by Gasteiger charge is 2.39. The van der Waals surface area contributed by atoms with Crippen LogP contribution < -0.4 is 5.32 Å². The van der Waals surface area contributed by atoms with Crippen LogP contribution in [0.25, 0.3) is 0 Å². The van der Waals surface area contributed by atoms with Crippen LogP contribution in [0.15, 0.2) is 0 Å². The molecule has 0 heterocycles. The largest absolute Gasteiger partial charge is 0.471 e. The van der Waals surface area contributed by atoms with Gasteiger partial charge >= 0.3 is 12.1 Å². The lowest BCUT2D eigenvalue weighted by atomic mass is 10.2. The Bertz CT molecular complexity index is 229. The molecule has 0 saturated heterocycles. The molecule has 0 fully saturated rings. The van der Waals surface area contributed by atoms with Crippen molar-refractivity contribution in [2.24, 2.45) is 0 Å². The van der Waals surface area contributed by atoms with Gasteiger partial charge in [0.15, 0.2) is 0 Å². The molecule has 2 unspecified atom stereocenters. The molecule has 1 amide bonds. The fourth-order valence-corrected chi connectivity index (χ4v) is 1.41. The van der Waals surface area contributed by atoms with E-state index in [9.17, 15) is 22.2 Å². The highest BCUT2D eigenvalue weighted by Crippen LogP contribution is 2.14. The highest BCUT2D eigenvalue weighted by atomic mass is 32.2. The number of alkyl halides is 3. The third-order valence-electron chi connectivity index (χ3n) is 1.47. The average molecular weight is 231 g/mol. The van der Waals surface area contributed by atoms with Crippen molar-refractivity contribution in [2.45, 2.75) is 25.6 Å². The van der Waals surface area contributed by atoms with Crippen molar-refractivity contribution in [1.29, 1.82) is 0 Å². The number of amides is 1. The molecule has 14 heavy (non-hydrogen) atoms. The van der Waals surface area contributed by atoms with Crippen LogP contribution in [0, 0.1) is 0 Å². The van der Waals surface area contributed by atoms with Gasteiger partial charge in [-0.15, -0.1) is 0 Å². The monoisotopic (exact) mass is 231 g/mol. The van der Waals surface area contributed by atoms with Gasteiger partial charge in [-0.2, -0.15) is 13.2 Å². The van der Waals surface area contributed by atoms with E-state index >= 15 is 0 Å². The van der Waals surface area contributed by atoms with E-state index < -0.39 is 28.9 Å². The lowest BCUT2D eigenvalue weighted by Gasteiger charge is -2.14. The fraction of sp³-hybridized carbons (Fsp3) is 0.857. The number of hydrogen-bond donors (Lipinski definition) is 1. The normalized spacial score (nSPS) is 16.1. The van der Waals surface area contributed by atoms with Gasteiger partial charge < -0.3 is 5.32 Å². The second-order valence-corrected chi connectivity index (χ2v) is 4.49. The van der Waals surface area contributed by atoms with Crippen molar-refractivity contribution in [2.75, 3.05) is 12.0 Å². The summed E-state index contributed by atoms with van der Waals surface area (Å²) in [6.45, 7) is 1.44. The summed E-state index contributed by atoms with van der Waals surface area (Å²) in [5, 5.41) is 1.78. The first kappa shape index (κ1) is 13.4. The van der Waals surface area contributed by atoms with Crippen molar-refractivity contribution < 1.29 is 22.2 Å². The summed E-state index contributed by atoms with van der Waals surface area (Å²) < 4.78 is 45.8. The summed E-state index contributed by atoms with van der Waals surface area (Å²) >= 11 is 0. The predicted molar refractivity (Wildman–Crippen MR) is 47.2 cm³/mol. The topological polar surface area (TPSA) is 46.2 Å². The molecule has 0 radical (unpaired) electrons. The molecular formula is C7H12F3NO2S. The molecule has 3 nitrogen and oxygen atoms in total. The Labute approximate surface area is 82.5 Å². The number of rotatable bonds is 4. The maximum atomic E-state index is 11.7. The first-order valence-corrected chi connectivity index (χ1v) is 5.64. The third kappa shape index (κ3) is 5.95. The molecule has 0 rings (SSSR count). The molecule has 0 saturated carbocycles. The third-order valence-corrected chi connectivity index (χ3v) is 2.28. The number of carbonyl (C=O) groups is 1. The van der Waals surface area contributed by atoms with Gasteiger partial charge in [0, 0.05) is 28.9 Å². The fourth-order valence-electron chi connectivity index (χ4n) is 0.721. The van der Waals surface area contributed by atoms with Crippen LogP contribution in [0.5, 0.6) is 0 Å². The second-order valence-electron chi connectivity index (χ2n) is 2.94. The lowest BCUT2D eigenvalue weighted by Crippen LogP contribution is -2.42. The van der Waals surface area contributed by atoms with E-state index in [0.717, 1.165) is 0 Å². The molecule has 2 atom stereocenters. The van der Waals surface area contributed by atoms with Gasteiger partial charge in [0.05, 0.1) is 0 Å². The molecule has 0 bridgehead atoms. The van der Waals surface area contributed by atoms with Crippen molar-refractivity contribution in [3.05, 3.63) is 0 Å². The summed E-state index contributed by atoms with van der Waals surface area (Å²) in [7, 11) is -1.05. The number of nitrogens with one attached hydrogen (secondary N) is 1. The van der Waals surface area contributed by atoms with Gasteiger partial charge in [-0.1, -0.05) is 0 Å². The Kier molecular flexibility index (Phi) is 5.11. The Balaban J connectivity index is 3.89. The summed E-state index contributed by atoms with van der Waals surface area (Å²) in [4.78, 5) is 10.4. The van der Waals surface area contributed by atoms with Gasteiger partial charge in [-0.25, -0.2) is 0 Å². The number of halogens is 3. The minimum absolute atomic E-state index is 0.269. The van der Waals surface area contributed by atoms with Crippen LogP contribution >= 0.6 is 0 Å².